The van der Waals surface area contributed by atoms with Crippen LogP contribution in [0.3, 0.4) is 0 Å². The van der Waals surface area contributed by atoms with E-state index in [4.69, 9.17) is 11.6 Å². The van der Waals surface area contributed by atoms with Crippen LogP contribution >= 0.6 is 11.6 Å². The summed E-state index contributed by atoms with van der Waals surface area (Å²) >= 11 is 5.85. The number of hydrogen-bond donors (Lipinski definition) is 2. The Morgan fingerprint density at radius 3 is 3.12 bits per heavy atom. The molecule has 2 aromatic rings. The van der Waals surface area contributed by atoms with Gasteiger partial charge in [0.1, 0.15) is 12.2 Å². The number of pyridine rings is 1. The lowest BCUT2D eigenvalue weighted by Crippen LogP contribution is -2.26. The molecule has 0 saturated heterocycles. The largest absolute Gasteiger partial charge is 0.352 e. The van der Waals surface area contributed by atoms with E-state index in [-0.39, 0.29) is 5.91 Å². The van der Waals surface area contributed by atoms with Crippen LogP contribution in [0.2, 0.25) is 5.02 Å². The molecule has 0 spiro atoms. The highest BCUT2D eigenvalue weighted by Crippen LogP contribution is 2.12. The van der Waals surface area contributed by atoms with Crippen LogP contribution in [0.4, 0.5) is 0 Å². The van der Waals surface area contributed by atoms with Crippen molar-refractivity contribution in [2.24, 2.45) is 0 Å². The van der Waals surface area contributed by atoms with Gasteiger partial charge in [-0.25, -0.2) is 4.98 Å². The molecule has 0 fully saturated rings. The van der Waals surface area contributed by atoms with E-state index in [1.54, 1.807) is 6.07 Å². The predicted molar refractivity (Wildman–Crippen MR) is 61.7 cm³/mol. The average Bonchev–Trinajstić information content (AvgIpc) is 2.82. The van der Waals surface area contributed by atoms with Crippen LogP contribution in [0.5, 0.6) is 0 Å². The molecular formula is C10H10ClN5O. The maximum absolute atomic E-state index is 11.7. The minimum Gasteiger partial charge on any atom is -0.352 e. The number of aromatic nitrogens is 4. The highest BCUT2D eigenvalue weighted by Gasteiger charge is 2.09. The summed E-state index contributed by atoms with van der Waals surface area (Å²) < 4.78 is 0. The number of amides is 1. The summed E-state index contributed by atoms with van der Waals surface area (Å²) in [4.78, 5) is 19.5. The first-order valence-electron chi connectivity index (χ1n) is 4.99. The van der Waals surface area contributed by atoms with Gasteiger partial charge in [-0.2, -0.15) is 5.10 Å². The van der Waals surface area contributed by atoms with Gasteiger partial charge in [0.2, 0.25) is 0 Å². The highest BCUT2D eigenvalue weighted by molar-refractivity contribution is 6.33. The number of rotatable bonds is 4. The van der Waals surface area contributed by atoms with Gasteiger partial charge in [-0.05, 0) is 6.07 Å². The molecule has 1 amide bonds. The van der Waals surface area contributed by atoms with Gasteiger partial charge >= 0.3 is 0 Å². The van der Waals surface area contributed by atoms with Crippen molar-refractivity contribution in [2.45, 2.75) is 6.42 Å². The second-order valence-electron chi connectivity index (χ2n) is 3.29. The van der Waals surface area contributed by atoms with Gasteiger partial charge in [0, 0.05) is 25.4 Å². The van der Waals surface area contributed by atoms with Gasteiger partial charge in [-0.3, -0.25) is 14.9 Å². The molecule has 2 N–H and O–H groups in total. The van der Waals surface area contributed by atoms with Crippen molar-refractivity contribution in [1.82, 2.24) is 25.5 Å². The van der Waals surface area contributed by atoms with E-state index in [1.165, 1.54) is 18.7 Å². The van der Waals surface area contributed by atoms with E-state index < -0.39 is 0 Å². The van der Waals surface area contributed by atoms with E-state index >= 15 is 0 Å². The average molecular weight is 252 g/mol. The minimum absolute atomic E-state index is 0.225. The summed E-state index contributed by atoms with van der Waals surface area (Å²) in [6.45, 7) is 0.465. The Labute approximate surface area is 102 Å². The number of halogens is 1. The van der Waals surface area contributed by atoms with Crippen LogP contribution in [-0.2, 0) is 6.42 Å². The topological polar surface area (TPSA) is 83.6 Å². The normalized spacial score (nSPS) is 10.2. The Bertz CT molecular complexity index is 499. The Balaban J connectivity index is 1.88. The maximum Gasteiger partial charge on any atom is 0.252 e. The lowest BCUT2D eigenvalue weighted by molar-refractivity contribution is 0.0954. The van der Waals surface area contributed by atoms with Crippen molar-refractivity contribution in [2.75, 3.05) is 6.54 Å². The molecule has 0 unspecified atom stereocenters. The number of nitrogens with one attached hydrogen (secondary N) is 2. The van der Waals surface area contributed by atoms with Crippen molar-refractivity contribution in [3.05, 3.63) is 41.2 Å². The van der Waals surface area contributed by atoms with Gasteiger partial charge in [0.05, 0.1) is 10.6 Å². The molecule has 7 heteroatoms. The fraction of sp³-hybridized carbons (Fsp3) is 0.200. The number of carbonyl (C=O) groups excluding carboxylic acids is 1. The number of hydrogen-bond acceptors (Lipinski definition) is 4. The molecular weight excluding hydrogens is 242 g/mol. The fourth-order valence-corrected chi connectivity index (χ4v) is 1.51. The van der Waals surface area contributed by atoms with Crippen LogP contribution in [-0.4, -0.2) is 32.6 Å². The third-order valence-corrected chi connectivity index (χ3v) is 2.43. The molecule has 0 saturated carbocycles. The molecule has 0 radical (unpaired) electrons. The van der Waals surface area contributed by atoms with Gasteiger partial charge in [-0.1, -0.05) is 11.6 Å². The van der Waals surface area contributed by atoms with E-state index in [1.807, 2.05) is 0 Å². The predicted octanol–water partition coefficient (Wildman–Crippen LogP) is 0.826. The highest BCUT2D eigenvalue weighted by atomic mass is 35.5. The Morgan fingerprint density at radius 1 is 1.53 bits per heavy atom. The molecule has 0 atom stereocenters. The zero-order valence-electron chi connectivity index (χ0n) is 8.85. The molecule has 0 bridgehead atoms. The molecule has 0 aliphatic rings. The van der Waals surface area contributed by atoms with Gasteiger partial charge in [-0.15, -0.1) is 0 Å². The summed E-state index contributed by atoms with van der Waals surface area (Å²) in [6.07, 6.45) is 4.98. The van der Waals surface area contributed by atoms with Crippen molar-refractivity contribution in [3.63, 3.8) is 0 Å². The smallest absolute Gasteiger partial charge is 0.252 e. The lowest BCUT2D eigenvalue weighted by Gasteiger charge is -2.04. The second kappa shape index (κ2) is 5.40. The van der Waals surface area contributed by atoms with Gasteiger partial charge in [0.25, 0.3) is 5.91 Å². The molecule has 0 aromatic carbocycles. The molecule has 2 rings (SSSR count). The SMILES string of the molecule is O=C(NCCc1ncn[nH]1)c1ccncc1Cl. The third-order valence-electron chi connectivity index (χ3n) is 2.13. The van der Waals surface area contributed by atoms with Crippen molar-refractivity contribution in [3.8, 4) is 0 Å². The van der Waals surface area contributed by atoms with Crippen LogP contribution < -0.4 is 5.32 Å². The summed E-state index contributed by atoms with van der Waals surface area (Å²) in [7, 11) is 0. The number of carbonyl (C=O) groups is 1. The summed E-state index contributed by atoms with van der Waals surface area (Å²) in [5.74, 6) is 0.503. The standard InChI is InChI=1S/C10H10ClN5O/c11-8-5-12-3-1-7(8)10(17)13-4-2-9-14-6-15-16-9/h1,3,5-6H,2,4H2,(H,13,17)(H,14,15,16). The van der Waals surface area contributed by atoms with Crippen LogP contribution in [0.25, 0.3) is 0 Å². The second-order valence-corrected chi connectivity index (χ2v) is 3.70. The first-order valence-corrected chi connectivity index (χ1v) is 5.37. The summed E-state index contributed by atoms with van der Waals surface area (Å²) in [5.41, 5.74) is 0.416. The van der Waals surface area contributed by atoms with Gasteiger partial charge in [0.15, 0.2) is 0 Å². The van der Waals surface area contributed by atoms with E-state index in [2.05, 4.69) is 25.5 Å². The van der Waals surface area contributed by atoms with Crippen LogP contribution in [0.15, 0.2) is 24.8 Å². The van der Waals surface area contributed by atoms with Crippen molar-refractivity contribution in [1.29, 1.82) is 0 Å². The lowest BCUT2D eigenvalue weighted by atomic mass is 10.2. The number of nitrogens with zero attached hydrogens (tertiary/aromatic N) is 3. The molecule has 2 heterocycles. The molecule has 2 aromatic heterocycles. The van der Waals surface area contributed by atoms with Crippen LogP contribution in [0, 0.1) is 0 Å². The fourth-order valence-electron chi connectivity index (χ4n) is 1.30. The number of H-pyrrole nitrogens is 1. The van der Waals surface area contributed by atoms with Gasteiger partial charge < -0.3 is 5.32 Å². The molecule has 6 nitrogen and oxygen atoms in total. The van der Waals surface area contributed by atoms with E-state index in [9.17, 15) is 4.79 Å². The number of aromatic amines is 1. The molecule has 88 valence electrons. The maximum atomic E-state index is 11.7. The minimum atomic E-state index is -0.225. The molecule has 17 heavy (non-hydrogen) atoms. The Morgan fingerprint density at radius 2 is 2.41 bits per heavy atom. The van der Waals surface area contributed by atoms with E-state index in [0.29, 0.717) is 23.6 Å². The monoisotopic (exact) mass is 251 g/mol. The zero-order chi connectivity index (χ0) is 12.1. The summed E-state index contributed by atoms with van der Waals surface area (Å²) in [5, 5.41) is 9.50. The van der Waals surface area contributed by atoms with Crippen LogP contribution in [0.1, 0.15) is 16.2 Å². The first kappa shape index (κ1) is 11.5. The zero-order valence-corrected chi connectivity index (χ0v) is 9.61. The Hall–Kier alpha value is -1.95. The summed E-state index contributed by atoms with van der Waals surface area (Å²) in [6, 6.07) is 1.58. The quantitative estimate of drug-likeness (QED) is 0.843. The molecule has 0 aliphatic heterocycles. The van der Waals surface area contributed by atoms with E-state index in [0.717, 1.165) is 5.82 Å². The first-order chi connectivity index (χ1) is 8.27. The third kappa shape index (κ3) is 3.01. The molecule has 0 aliphatic carbocycles. The Kier molecular flexibility index (Phi) is 3.66. The van der Waals surface area contributed by atoms with Crippen molar-refractivity contribution >= 4 is 17.5 Å². The van der Waals surface area contributed by atoms with Crippen molar-refractivity contribution < 1.29 is 4.79 Å².